The molecule has 0 unspecified atom stereocenters. The Kier molecular flexibility index (Phi) is 6.22. The fraction of sp³-hybridized carbons (Fsp3) is 0.231. The smallest absolute Gasteiger partial charge is 0.227 e. The lowest BCUT2D eigenvalue weighted by molar-refractivity contribution is -0.117. The number of benzene rings is 3. The lowest BCUT2D eigenvalue weighted by Crippen LogP contribution is -2.27. The number of carbonyl (C=O) groups is 1. The molecule has 3 aromatic carbocycles. The van der Waals surface area contributed by atoms with E-state index in [4.69, 9.17) is 21.3 Å². The average molecular weight is 480 g/mol. The first-order valence-corrected chi connectivity index (χ1v) is 11.4. The maximum Gasteiger partial charge on any atom is 0.227 e. The van der Waals surface area contributed by atoms with Crippen molar-refractivity contribution < 1.29 is 19.0 Å². The van der Waals surface area contributed by atoms with Crippen molar-refractivity contribution in [2.45, 2.75) is 25.0 Å². The SMILES string of the molecule is O=C1C[C@H](c2nc3ccccc3n2C[C@@H](O)COc2ccccc2Cl)CN1c1ccccc1F. The molecule has 2 heterocycles. The average Bonchev–Trinajstić information content (AvgIpc) is 3.39. The Labute approximate surface area is 201 Å². The van der Waals surface area contributed by atoms with Gasteiger partial charge in [-0.15, -0.1) is 0 Å². The predicted molar refractivity (Wildman–Crippen MR) is 129 cm³/mol. The van der Waals surface area contributed by atoms with E-state index in [1.807, 2.05) is 41.0 Å². The maximum absolute atomic E-state index is 14.3. The number of nitrogens with zero attached hydrogens (tertiary/aromatic N) is 3. The number of aromatic nitrogens is 2. The third-order valence-electron chi connectivity index (χ3n) is 5.98. The molecule has 5 rings (SSSR count). The number of aliphatic hydroxyl groups excluding tert-OH is 1. The lowest BCUT2D eigenvalue weighted by Gasteiger charge is -2.19. The van der Waals surface area contributed by atoms with Gasteiger partial charge in [0.05, 0.1) is 28.3 Å². The molecule has 1 aliphatic rings. The predicted octanol–water partition coefficient (Wildman–Crippen LogP) is 4.79. The maximum atomic E-state index is 14.3. The highest BCUT2D eigenvalue weighted by Crippen LogP contribution is 2.34. The quantitative estimate of drug-likeness (QED) is 0.414. The number of ether oxygens (including phenoxy) is 1. The van der Waals surface area contributed by atoms with Crippen molar-refractivity contribution in [2.24, 2.45) is 0 Å². The van der Waals surface area contributed by atoms with Gasteiger partial charge in [-0.3, -0.25) is 4.79 Å². The van der Waals surface area contributed by atoms with E-state index >= 15 is 0 Å². The fourth-order valence-electron chi connectivity index (χ4n) is 4.39. The van der Waals surface area contributed by atoms with Crippen LogP contribution in [-0.4, -0.2) is 39.8 Å². The molecule has 1 fully saturated rings. The van der Waals surface area contributed by atoms with Gasteiger partial charge >= 0.3 is 0 Å². The number of hydrogen-bond donors (Lipinski definition) is 1. The first-order chi connectivity index (χ1) is 16.5. The number of aliphatic hydroxyl groups is 1. The number of anilines is 1. The number of halogens is 2. The molecule has 4 aromatic rings. The summed E-state index contributed by atoms with van der Waals surface area (Å²) < 4.78 is 22.0. The van der Waals surface area contributed by atoms with Crippen molar-refractivity contribution in [1.82, 2.24) is 9.55 Å². The van der Waals surface area contributed by atoms with E-state index in [-0.39, 0.29) is 37.1 Å². The molecule has 174 valence electrons. The number of rotatable bonds is 7. The highest BCUT2D eigenvalue weighted by Gasteiger charge is 2.36. The summed E-state index contributed by atoms with van der Waals surface area (Å²) in [7, 11) is 0. The largest absolute Gasteiger partial charge is 0.489 e. The zero-order valence-electron chi connectivity index (χ0n) is 18.3. The summed E-state index contributed by atoms with van der Waals surface area (Å²) in [6, 6.07) is 21.0. The number of para-hydroxylation sites is 4. The lowest BCUT2D eigenvalue weighted by atomic mass is 10.1. The van der Waals surface area contributed by atoms with E-state index in [9.17, 15) is 14.3 Å². The van der Waals surface area contributed by atoms with E-state index in [2.05, 4.69) is 0 Å². The van der Waals surface area contributed by atoms with Gasteiger partial charge in [0.1, 0.15) is 30.1 Å². The number of fused-ring (bicyclic) bond motifs is 1. The summed E-state index contributed by atoms with van der Waals surface area (Å²) in [4.78, 5) is 19.0. The first kappa shape index (κ1) is 22.4. The molecule has 1 aromatic heterocycles. The van der Waals surface area contributed by atoms with E-state index in [1.165, 1.54) is 11.0 Å². The number of imidazole rings is 1. The Balaban J connectivity index is 1.40. The molecule has 0 bridgehead atoms. The molecular weight excluding hydrogens is 457 g/mol. The van der Waals surface area contributed by atoms with Crippen molar-refractivity contribution in [3.05, 3.63) is 89.5 Å². The molecule has 2 atom stereocenters. The number of amides is 1. The van der Waals surface area contributed by atoms with Crippen LogP contribution < -0.4 is 9.64 Å². The second-order valence-corrected chi connectivity index (χ2v) is 8.73. The summed E-state index contributed by atoms with van der Waals surface area (Å²) in [5, 5.41) is 11.2. The van der Waals surface area contributed by atoms with Gasteiger partial charge in [-0.2, -0.15) is 0 Å². The third kappa shape index (κ3) is 4.36. The normalized spacial score (nSPS) is 16.9. The minimum atomic E-state index is -0.840. The summed E-state index contributed by atoms with van der Waals surface area (Å²) in [6.07, 6.45) is -0.628. The summed E-state index contributed by atoms with van der Waals surface area (Å²) in [5.74, 6) is 0.357. The Morgan fingerprint density at radius 3 is 2.65 bits per heavy atom. The van der Waals surface area contributed by atoms with Gasteiger partial charge in [0.15, 0.2) is 0 Å². The van der Waals surface area contributed by atoms with Gasteiger partial charge in [0.25, 0.3) is 0 Å². The number of carbonyl (C=O) groups excluding carboxylic acids is 1. The molecule has 0 saturated carbocycles. The summed E-state index contributed by atoms with van der Waals surface area (Å²) in [5.41, 5.74) is 1.89. The molecule has 34 heavy (non-hydrogen) atoms. The molecule has 1 aliphatic heterocycles. The molecule has 0 radical (unpaired) electrons. The Morgan fingerprint density at radius 1 is 1.09 bits per heavy atom. The van der Waals surface area contributed by atoms with E-state index in [1.54, 1.807) is 30.3 Å². The van der Waals surface area contributed by atoms with Crippen LogP contribution >= 0.6 is 11.6 Å². The summed E-state index contributed by atoms with van der Waals surface area (Å²) in [6.45, 7) is 0.584. The molecule has 6 nitrogen and oxygen atoms in total. The minimum absolute atomic E-state index is 0.0423. The van der Waals surface area contributed by atoms with Crippen LogP contribution in [0.3, 0.4) is 0 Å². The van der Waals surface area contributed by atoms with Gasteiger partial charge in [-0.25, -0.2) is 9.37 Å². The third-order valence-corrected chi connectivity index (χ3v) is 6.29. The van der Waals surface area contributed by atoms with Crippen LogP contribution in [0.4, 0.5) is 10.1 Å². The Hall–Kier alpha value is -3.42. The van der Waals surface area contributed by atoms with Crippen LogP contribution in [0.15, 0.2) is 72.8 Å². The van der Waals surface area contributed by atoms with Gasteiger partial charge in [0.2, 0.25) is 5.91 Å². The van der Waals surface area contributed by atoms with Crippen LogP contribution in [0, 0.1) is 5.82 Å². The highest BCUT2D eigenvalue weighted by molar-refractivity contribution is 6.32. The topological polar surface area (TPSA) is 67.6 Å². The molecule has 8 heteroatoms. The van der Waals surface area contributed by atoms with Gasteiger partial charge in [0, 0.05) is 18.9 Å². The Bertz CT molecular complexity index is 1340. The summed E-state index contributed by atoms with van der Waals surface area (Å²) >= 11 is 6.14. The van der Waals surface area contributed by atoms with Crippen molar-refractivity contribution in [2.75, 3.05) is 18.1 Å². The Morgan fingerprint density at radius 2 is 1.82 bits per heavy atom. The zero-order chi connectivity index (χ0) is 23.7. The van der Waals surface area contributed by atoms with Crippen molar-refractivity contribution in [3.8, 4) is 5.75 Å². The zero-order valence-corrected chi connectivity index (χ0v) is 19.0. The molecule has 1 N–H and O–H groups in total. The molecule has 1 amide bonds. The van der Waals surface area contributed by atoms with Gasteiger partial charge in [-0.1, -0.05) is 48.0 Å². The monoisotopic (exact) mass is 479 g/mol. The van der Waals surface area contributed by atoms with Crippen molar-refractivity contribution in [1.29, 1.82) is 0 Å². The molecular formula is C26H23ClFN3O3. The fourth-order valence-corrected chi connectivity index (χ4v) is 4.58. The van der Waals surface area contributed by atoms with Crippen molar-refractivity contribution >= 4 is 34.2 Å². The minimum Gasteiger partial charge on any atom is -0.489 e. The molecule has 0 aliphatic carbocycles. The number of hydrogen-bond acceptors (Lipinski definition) is 4. The van der Waals surface area contributed by atoms with Crippen LogP contribution in [-0.2, 0) is 11.3 Å². The van der Waals surface area contributed by atoms with Gasteiger partial charge < -0.3 is 19.3 Å². The van der Waals surface area contributed by atoms with Crippen LogP contribution in [0.2, 0.25) is 5.02 Å². The van der Waals surface area contributed by atoms with Gasteiger partial charge in [-0.05, 0) is 36.4 Å². The molecule has 1 saturated heterocycles. The first-order valence-electron chi connectivity index (χ1n) is 11.1. The van der Waals surface area contributed by atoms with E-state index in [0.717, 1.165) is 11.0 Å². The van der Waals surface area contributed by atoms with Crippen molar-refractivity contribution in [3.63, 3.8) is 0 Å². The van der Waals surface area contributed by atoms with E-state index < -0.39 is 11.9 Å². The second-order valence-electron chi connectivity index (χ2n) is 8.32. The second kappa shape index (κ2) is 9.44. The highest BCUT2D eigenvalue weighted by atomic mass is 35.5. The van der Waals surface area contributed by atoms with Crippen LogP contribution in [0.5, 0.6) is 5.75 Å². The standard InChI is InChI=1S/C26H23ClFN3O3/c27-19-7-1-6-12-24(19)34-16-18(32)15-31-23-11-5-3-9-21(23)29-26(31)17-13-25(33)30(14-17)22-10-4-2-8-20(22)28/h1-12,17-18,32H,13-16H2/t17-,18+/m0/s1. The molecule has 0 spiro atoms. The van der Waals surface area contributed by atoms with E-state index in [0.29, 0.717) is 23.1 Å². The van der Waals surface area contributed by atoms with Crippen LogP contribution in [0.1, 0.15) is 18.2 Å². The van der Waals surface area contributed by atoms with Crippen LogP contribution in [0.25, 0.3) is 11.0 Å².